The predicted molar refractivity (Wildman–Crippen MR) is 140 cm³/mol. The van der Waals surface area contributed by atoms with Crippen LogP contribution >= 0.6 is 0 Å². The molecule has 0 bridgehead atoms. The predicted octanol–water partition coefficient (Wildman–Crippen LogP) is 6.57. The molecule has 0 amide bonds. The molecule has 5 rings (SSSR count). The maximum Gasteiger partial charge on any atom is 0.343 e. The molecule has 178 valence electrons. The van der Waals surface area contributed by atoms with Crippen molar-refractivity contribution in [3.05, 3.63) is 119 Å². The van der Waals surface area contributed by atoms with E-state index in [0.717, 1.165) is 27.5 Å². The van der Waals surface area contributed by atoms with Gasteiger partial charge in [0.2, 0.25) is 5.88 Å². The summed E-state index contributed by atoms with van der Waals surface area (Å²) >= 11 is 0. The fourth-order valence-corrected chi connectivity index (χ4v) is 4.59. The summed E-state index contributed by atoms with van der Waals surface area (Å²) in [5.41, 5.74) is 9.88. The third-order valence-corrected chi connectivity index (χ3v) is 6.52. The Kier molecular flexibility index (Phi) is 5.74. The number of nitrogens with two attached hydrogens (primary N) is 1. The van der Waals surface area contributed by atoms with Gasteiger partial charge in [-0.1, -0.05) is 81.4 Å². The lowest BCUT2D eigenvalue weighted by Crippen LogP contribution is -2.21. The second-order valence-electron chi connectivity index (χ2n) is 9.91. The average molecular weight is 475 g/mol. The summed E-state index contributed by atoms with van der Waals surface area (Å²) in [4.78, 5) is 12.8. The average Bonchev–Trinajstić information content (AvgIpc) is 2.87. The lowest BCUT2D eigenvalue weighted by molar-refractivity contribution is 0.0734. The first-order valence-corrected chi connectivity index (χ1v) is 11.8. The SMILES string of the molecule is CC(C)(C)c1ccc(C(=O)Oc2ccc3c(c2)OC(N)=C(C#N)C3c2cccc3ccccc23)cc1. The van der Waals surface area contributed by atoms with Crippen molar-refractivity contribution < 1.29 is 14.3 Å². The van der Waals surface area contributed by atoms with E-state index >= 15 is 0 Å². The van der Waals surface area contributed by atoms with Gasteiger partial charge in [-0.2, -0.15) is 5.26 Å². The summed E-state index contributed by atoms with van der Waals surface area (Å²) in [5.74, 6) is -0.0249. The minimum atomic E-state index is -0.460. The van der Waals surface area contributed by atoms with Crippen LogP contribution in [0.4, 0.5) is 0 Å². The first kappa shape index (κ1) is 23.2. The van der Waals surface area contributed by atoms with Gasteiger partial charge in [-0.15, -0.1) is 0 Å². The van der Waals surface area contributed by atoms with Gasteiger partial charge in [0.15, 0.2) is 0 Å². The zero-order chi connectivity index (χ0) is 25.4. The summed E-state index contributed by atoms with van der Waals surface area (Å²) in [7, 11) is 0. The van der Waals surface area contributed by atoms with E-state index in [2.05, 4.69) is 26.8 Å². The van der Waals surface area contributed by atoms with E-state index in [0.29, 0.717) is 22.6 Å². The highest BCUT2D eigenvalue weighted by molar-refractivity contribution is 5.91. The highest BCUT2D eigenvalue weighted by Crippen LogP contribution is 2.45. The van der Waals surface area contributed by atoms with Gasteiger partial charge in [-0.3, -0.25) is 0 Å². The smallest absolute Gasteiger partial charge is 0.343 e. The standard InChI is InChI=1S/C31H26N2O3/c1-31(2,3)21-13-11-20(12-14-21)30(34)35-22-15-16-25-27(17-22)36-29(33)26(18-32)28(25)24-10-6-8-19-7-4-5-9-23(19)24/h4-17,28H,33H2,1-3H3. The summed E-state index contributed by atoms with van der Waals surface area (Å²) in [6, 6.07) is 28.9. The molecule has 5 heteroatoms. The quantitative estimate of drug-likeness (QED) is 0.268. The Labute approximate surface area is 210 Å². The Morgan fingerprint density at radius 3 is 2.39 bits per heavy atom. The van der Waals surface area contributed by atoms with E-state index < -0.39 is 11.9 Å². The van der Waals surface area contributed by atoms with Crippen LogP contribution < -0.4 is 15.2 Å². The van der Waals surface area contributed by atoms with Gasteiger partial charge in [0.25, 0.3) is 0 Å². The lowest BCUT2D eigenvalue weighted by atomic mass is 9.81. The monoisotopic (exact) mass is 474 g/mol. The number of nitrogens with zero attached hydrogens (tertiary/aromatic N) is 1. The highest BCUT2D eigenvalue weighted by Gasteiger charge is 2.32. The van der Waals surface area contributed by atoms with Crippen LogP contribution in [0, 0.1) is 11.3 Å². The van der Waals surface area contributed by atoms with Gasteiger partial charge < -0.3 is 15.2 Å². The van der Waals surface area contributed by atoms with E-state index in [1.54, 1.807) is 24.3 Å². The van der Waals surface area contributed by atoms with Gasteiger partial charge in [0.1, 0.15) is 23.1 Å². The summed E-state index contributed by atoms with van der Waals surface area (Å²) in [6.45, 7) is 6.37. The van der Waals surface area contributed by atoms with Gasteiger partial charge in [0, 0.05) is 11.6 Å². The van der Waals surface area contributed by atoms with E-state index in [1.807, 2.05) is 60.7 Å². The Balaban J connectivity index is 1.49. The van der Waals surface area contributed by atoms with Crippen LogP contribution in [0.5, 0.6) is 11.5 Å². The van der Waals surface area contributed by atoms with E-state index in [-0.39, 0.29) is 11.3 Å². The number of esters is 1. The van der Waals surface area contributed by atoms with Crippen LogP contribution in [-0.4, -0.2) is 5.97 Å². The molecule has 36 heavy (non-hydrogen) atoms. The molecule has 5 nitrogen and oxygen atoms in total. The van der Waals surface area contributed by atoms with Crippen LogP contribution in [0.1, 0.15) is 53.7 Å². The molecule has 2 N–H and O–H groups in total. The summed E-state index contributed by atoms with van der Waals surface area (Å²) < 4.78 is 11.5. The van der Waals surface area contributed by atoms with Crippen LogP contribution in [-0.2, 0) is 5.41 Å². The molecule has 1 atom stereocenters. The molecule has 1 aliphatic rings. The molecule has 0 radical (unpaired) electrons. The molecule has 0 saturated carbocycles. The minimum Gasteiger partial charge on any atom is -0.440 e. The number of allylic oxidation sites excluding steroid dienone is 1. The van der Waals surface area contributed by atoms with E-state index in [1.165, 1.54) is 0 Å². The van der Waals surface area contributed by atoms with Crippen molar-refractivity contribution in [2.75, 3.05) is 0 Å². The molecule has 4 aromatic rings. The van der Waals surface area contributed by atoms with Crippen molar-refractivity contribution >= 4 is 16.7 Å². The molecule has 0 saturated heterocycles. The van der Waals surface area contributed by atoms with Crippen molar-refractivity contribution in [1.29, 1.82) is 5.26 Å². The number of hydrogen-bond acceptors (Lipinski definition) is 5. The number of benzene rings is 4. The Morgan fingerprint density at radius 2 is 1.67 bits per heavy atom. The second kappa shape index (κ2) is 8.90. The number of hydrogen-bond donors (Lipinski definition) is 1. The Hall–Kier alpha value is -4.56. The molecule has 0 aromatic heterocycles. The molecule has 4 aromatic carbocycles. The maximum atomic E-state index is 12.8. The third-order valence-electron chi connectivity index (χ3n) is 6.52. The van der Waals surface area contributed by atoms with Crippen LogP contribution in [0.15, 0.2) is 96.4 Å². The van der Waals surface area contributed by atoms with E-state index in [4.69, 9.17) is 15.2 Å². The topological polar surface area (TPSA) is 85.3 Å². The number of carbonyl (C=O) groups excluding carboxylic acids is 1. The Morgan fingerprint density at radius 1 is 0.944 bits per heavy atom. The molecule has 0 fully saturated rings. The summed E-state index contributed by atoms with van der Waals surface area (Å²) in [6.07, 6.45) is 0. The number of rotatable bonds is 3. The zero-order valence-electron chi connectivity index (χ0n) is 20.4. The molecular formula is C31H26N2O3. The van der Waals surface area contributed by atoms with Crippen molar-refractivity contribution in [3.63, 3.8) is 0 Å². The maximum absolute atomic E-state index is 12.8. The molecule has 0 spiro atoms. The summed E-state index contributed by atoms with van der Waals surface area (Å²) in [5, 5.41) is 12.0. The third kappa shape index (κ3) is 4.18. The van der Waals surface area contributed by atoms with Gasteiger partial charge >= 0.3 is 5.97 Å². The van der Waals surface area contributed by atoms with Gasteiger partial charge in [-0.05, 0) is 45.5 Å². The molecule has 1 heterocycles. The molecule has 0 aliphatic carbocycles. The minimum absolute atomic E-state index is 0.00534. The van der Waals surface area contributed by atoms with Crippen LogP contribution in [0.3, 0.4) is 0 Å². The van der Waals surface area contributed by atoms with Crippen molar-refractivity contribution in [1.82, 2.24) is 0 Å². The van der Waals surface area contributed by atoms with Gasteiger partial charge in [-0.25, -0.2) is 4.79 Å². The van der Waals surface area contributed by atoms with Crippen LogP contribution in [0.2, 0.25) is 0 Å². The zero-order valence-corrected chi connectivity index (χ0v) is 20.4. The largest absolute Gasteiger partial charge is 0.440 e. The van der Waals surface area contributed by atoms with Gasteiger partial charge in [0.05, 0.1) is 11.5 Å². The van der Waals surface area contributed by atoms with Crippen molar-refractivity contribution in [2.24, 2.45) is 5.73 Å². The fraction of sp³-hybridized carbons (Fsp3) is 0.161. The first-order valence-electron chi connectivity index (χ1n) is 11.8. The van der Waals surface area contributed by atoms with Crippen LogP contribution in [0.25, 0.3) is 10.8 Å². The number of ether oxygens (including phenoxy) is 2. The highest BCUT2D eigenvalue weighted by atomic mass is 16.5. The molecule has 1 aliphatic heterocycles. The first-order chi connectivity index (χ1) is 17.3. The fourth-order valence-electron chi connectivity index (χ4n) is 4.59. The second-order valence-corrected chi connectivity index (χ2v) is 9.91. The van der Waals surface area contributed by atoms with E-state index in [9.17, 15) is 10.1 Å². The number of carbonyl (C=O) groups is 1. The lowest BCUT2D eigenvalue weighted by Gasteiger charge is -2.27. The Bertz CT molecular complexity index is 1550. The molecular weight excluding hydrogens is 448 g/mol. The number of nitriles is 1. The number of fused-ring (bicyclic) bond motifs is 2. The molecule has 1 unspecified atom stereocenters. The van der Waals surface area contributed by atoms with Crippen molar-refractivity contribution in [3.8, 4) is 17.6 Å². The normalized spacial score (nSPS) is 15.1. The van der Waals surface area contributed by atoms with Crippen molar-refractivity contribution in [2.45, 2.75) is 32.1 Å².